The molecule has 0 aromatic heterocycles. The molecule has 0 saturated heterocycles. The van der Waals surface area contributed by atoms with E-state index in [0.717, 1.165) is 6.42 Å². The van der Waals surface area contributed by atoms with Gasteiger partial charge in [-0.1, -0.05) is 6.92 Å². The quantitative estimate of drug-likeness (QED) is 0.790. The van der Waals surface area contributed by atoms with Crippen molar-refractivity contribution in [2.45, 2.75) is 20.3 Å². The Morgan fingerprint density at radius 1 is 1.59 bits per heavy atom. The number of carbonyl (C=O) groups excluding carboxylic acids is 1. The summed E-state index contributed by atoms with van der Waals surface area (Å²) in [5.74, 6) is 0.351. The van der Waals surface area contributed by atoms with Crippen molar-refractivity contribution >= 4 is 11.6 Å². The zero-order valence-electron chi connectivity index (χ0n) is 10.1. The number of aryl methyl sites for hydroxylation is 1. The number of amides is 1. The van der Waals surface area contributed by atoms with E-state index < -0.39 is 5.82 Å². The van der Waals surface area contributed by atoms with Crippen LogP contribution in [0.25, 0.3) is 0 Å². The molecule has 3 N–H and O–H groups in total. The number of carbonyl (C=O) groups is 1. The molecule has 1 aromatic rings. The smallest absolute Gasteiger partial charge is 0.254 e. The molecule has 1 aromatic carbocycles. The predicted octanol–water partition coefficient (Wildman–Crippen LogP) is 2.10. The molecule has 2 unspecified atom stereocenters. The van der Waals surface area contributed by atoms with Gasteiger partial charge in [-0.25, -0.2) is 4.39 Å². The Labute approximate surface area is 100 Å². The maximum Gasteiger partial charge on any atom is 0.254 e. The second kappa shape index (κ2) is 4.35. The Kier molecular flexibility index (Phi) is 3.05. The summed E-state index contributed by atoms with van der Waals surface area (Å²) >= 11 is 0. The van der Waals surface area contributed by atoms with Gasteiger partial charge in [-0.15, -0.1) is 0 Å². The van der Waals surface area contributed by atoms with E-state index in [9.17, 15) is 9.18 Å². The third-order valence-corrected chi connectivity index (χ3v) is 3.32. The monoisotopic (exact) mass is 236 g/mol. The second-order valence-electron chi connectivity index (χ2n) is 4.88. The number of rotatable bonds is 3. The molecule has 92 valence electrons. The Morgan fingerprint density at radius 3 is 2.82 bits per heavy atom. The summed E-state index contributed by atoms with van der Waals surface area (Å²) in [4.78, 5) is 11.8. The minimum absolute atomic E-state index is 0.0378. The normalized spacial score (nSPS) is 22.3. The zero-order chi connectivity index (χ0) is 12.6. The summed E-state index contributed by atoms with van der Waals surface area (Å²) in [6.45, 7) is 4.36. The van der Waals surface area contributed by atoms with E-state index in [-0.39, 0.29) is 11.5 Å². The van der Waals surface area contributed by atoms with E-state index in [2.05, 4.69) is 12.2 Å². The van der Waals surface area contributed by atoms with Crippen molar-refractivity contribution < 1.29 is 9.18 Å². The van der Waals surface area contributed by atoms with Crippen LogP contribution in [0.15, 0.2) is 12.1 Å². The maximum atomic E-state index is 13.7. The van der Waals surface area contributed by atoms with Gasteiger partial charge < -0.3 is 11.1 Å². The number of anilines is 1. The molecular formula is C13H17FN2O. The summed E-state index contributed by atoms with van der Waals surface area (Å²) in [6.07, 6.45) is 1.14. The van der Waals surface area contributed by atoms with E-state index in [0.29, 0.717) is 29.6 Å². The second-order valence-corrected chi connectivity index (χ2v) is 4.88. The van der Waals surface area contributed by atoms with Gasteiger partial charge in [-0.3, -0.25) is 4.79 Å². The number of nitrogens with two attached hydrogens (primary N) is 1. The van der Waals surface area contributed by atoms with Crippen molar-refractivity contribution in [2.24, 2.45) is 11.8 Å². The van der Waals surface area contributed by atoms with Crippen LogP contribution in [0.4, 0.5) is 10.1 Å². The number of hydrogen-bond donors (Lipinski definition) is 2. The van der Waals surface area contributed by atoms with Crippen molar-refractivity contribution in [2.75, 3.05) is 12.3 Å². The lowest BCUT2D eigenvalue weighted by Gasteiger charge is -2.08. The minimum atomic E-state index is -0.486. The zero-order valence-corrected chi connectivity index (χ0v) is 10.1. The van der Waals surface area contributed by atoms with Gasteiger partial charge in [0.15, 0.2) is 0 Å². The Hall–Kier alpha value is -1.58. The summed E-state index contributed by atoms with van der Waals surface area (Å²) in [6, 6.07) is 2.91. The van der Waals surface area contributed by atoms with Gasteiger partial charge in [0.25, 0.3) is 5.91 Å². The van der Waals surface area contributed by atoms with Gasteiger partial charge in [0.1, 0.15) is 5.82 Å². The van der Waals surface area contributed by atoms with Crippen LogP contribution < -0.4 is 11.1 Å². The van der Waals surface area contributed by atoms with Gasteiger partial charge in [-0.05, 0) is 42.9 Å². The van der Waals surface area contributed by atoms with Crippen LogP contribution >= 0.6 is 0 Å². The minimum Gasteiger partial charge on any atom is -0.399 e. The first-order valence-electron chi connectivity index (χ1n) is 5.83. The molecule has 1 amide bonds. The fourth-order valence-corrected chi connectivity index (χ4v) is 1.97. The molecule has 1 aliphatic rings. The van der Waals surface area contributed by atoms with E-state index in [4.69, 9.17) is 5.73 Å². The van der Waals surface area contributed by atoms with Crippen LogP contribution in [-0.4, -0.2) is 12.5 Å². The SMILES string of the molecule is Cc1cc(N)cc(C(=O)NCC2CC2C)c1F. The van der Waals surface area contributed by atoms with Crippen LogP contribution in [0.5, 0.6) is 0 Å². The van der Waals surface area contributed by atoms with Gasteiger partial charge in [0.2, 0.25) is 0 Å². The van der Waals surface area contributed by atoms with Crippen LogP contribution in [0.3, 0.4) is 0 Å². The fourth-order valence-electron chi connectivity index (χ4n) is 1.97. The molecular weight excluding hydrogens is 219 g/mol. The summed E-state index contributed by atoms with van der Waals surface area (Å²) in [7, 11) is 0. The van der Waals surface area contributed by atoms with Crippen molar-refractivity contribution in [3.8, 4) is 0 Å². The number of benzene rings is 1. The lowest BCUT2D eigenvalue weighted by Crippen LogP contribution is -2.27. The Bertz CT molecular complexity index is 459. The summed E-state index contributed by atoms with van der Waals surface area (Å²) in [5, 5.41) is 2.75. The van der Waals surface area contributed by atoms with Crippen molar-refractivity contribution in [3.63, 3.8) is 0 Å². The molecule has 1 saturated carbocycles. The third-order valence-electron chi connectivity index (χ3n) is 3.32. The topological polar surface area (TPSA) is 55.1 Å². The number of hydrogen-bond acceptors (Lipinski definition) is 2. The number of halogens is 1. The van der Waals surface area contributed by atoms with E-state index in [1.54, 1.807) is 6.92 Å². The molecule has 0 spiro atoms. The summed E-state index contributed by atoms with van der Waals surface area (Å²) in [5.41, 5.74) is 6.46. The standard InChI is InChI=1S/C13H17FN2O/c1-7-3-9(7)6-16-13(17)11-5-10(15)4-8(2)12(11)14/h4-5,7,9H,3,6,15H2,1-2H3,(H,16,17). The highest BCUT2D eigenvalue weighted by Crippen LogP contribution is 2.36. The number of nitrogens with one attached hydrogen (secondary N) is 1. The number of nitrogen functional groups attached to an aromatic ring is 1. The maximum absolute atomic E-state index is 13.7. The lowest BCUT2D eigenvalue weighted by atomic mass is 10.1. The molecule has 2 atom stereocenters. The molecule has 2 rings (SSSR count). The van der Waals surface area contributed by atoms with Crippen molar-refractivity contribution in [1.82, 2.24) is 5.32 Å². The molecule has 0 bridgehead atoms. The van der Waals surface area contributed by atoms with Gasteiger partial charge in [0.05, 0.1) is 5.56 Å². The van der Waals surface area contributed by atoms with Gasteiger partial charge >= 0.3 is 0 Å². The Balaban J connectivity index is 2.07. The summed E-state index contributed by atoms with van der Waals surface area (Å²) < 4.78 is 13.7. The first kappa shape index (κ1) is 11.9. The average molecular weight is 236 g/mol. The average Bonchev–Trinajstić information content (AvgIpc) is 2.96. The van der Waals surface area contributed by atoms with Crippen LogP contribution in [0, 0.1) is 24.6 Å². The molecule has 1 fully saturated rings. The fraction of sp³-hybridized carbons (Fsp3) is 0.462. The van der Waals surface area contributed by atoms with Gasteiger partial charge in [0, 0.05) is 12.2 Å². The largest absolute Gasteiger partial charge is 0.399 e. The molecule has 0 heterocycles. The molecule has 0 radical (unpaired) electrons. The molecule has 3 nitrogen and oxygen atoms in total. The van der Waals surface area contributed by atoms with Crippen LogP contribution in [-0.2, 0) is 0 Å². The highest BCUT2D eigenvalue weighted by Gasteiger charge is 2.32. The predicted molar refractivity (Wildman–Crippen MR) is 65.2 cm³/mol. The highest BCUT2D eigenvalue weighted by atomic mass is 19.1. The lowest BCUT2D eigenvalue weighted by molar-refractivity contribution is 0.0947. The van der Waals surface area contributed by atoms with Crippen LogP contribution in [0.1, 0.15) is 29.3 Å². The molecule has 17 heavy (non-hydrogen) atoms. The molecule has 1 aliphatic carbocycles. The van der Waals surface area contributed by atoms with E-state index in [1.165, 1.54) is 12.1 Å². The van der Waals surface area contributed by atoms with E-state index in [1.807, 2.05) is 0 Å². The highest BCUT2D eigenvalue weighted by molar-refractivity contribution is 5.95. The molecule has 4 heteroatoms. The first-order valence-corrected chi connectivity index (χ1v) is 5.83. The van der Waals surface area contributed by atoms with E-state index >= 15 is 0 Å². The third kappa shape index (κ3) is 2.57. The Morgan fingerprint density at radius 2 is 2.24 bits per heavy atom. The van der Waals surface area contributed by atoms with Crippen molar-refractivity contribution in [3.05, 3.63) is 29.1 Å². The van der Waals surface area contributed by atoms with Crippen molar-refractivity contribution in [1.29, 1.82) is 0 Å². The van der Waals surface area contributed by atoms with Crippen LogP contribution in [0.2, 0.25) is 0 Å². The first-order chi connectivity index (χ1) is 7.99. The van der Waals surface area contributed by atoms with Gasteiger partial charge in [-0.2, -0.15) is 0 Å². The molecule has 0 aliphatic heterocycles.